The van der Waals surface area contributed by atoms with E-state index >= 15 is 0 Å². The van der Waals surface area contributed by atoms with Crippen molar-refractivity contribution in [2.75, 3.05) is 20.8 Å². The third-order valence-electron chi connectivity index (χ3n) is 2.66. The first kappa shape index (κ1) is 16.7. The minimum atomic E-state index is -0.526. The first-order valence-electron chi connectivity index (χ1n) is 6.46. The highest BCUT2D eigenvalue weighted by Gasteiger charge is 2.06. The predicted octanol–water partition coefficient (Wildman–Crippen LogP) is 1.60. The molecule has 1 rings (SSSR count). The summed E-state index contributed by atoms with van der Waals surface area (Å²) in [5.74, 6) is -1.03. The quantitative estimate of drug-likeness (QED) is 0.357. The molecule has 0 fully saturated rings. The summed E-state index contributed by atoms with van der Waals surface area (Å²) in [6, 6.07) is 9.90. The Kier molecular flexibility index (Phi) is 7.53. The van der Waals surface area contributed by atoms with Gasteiger partial charge in [0, 0.05) is 19.2 Å². The topological polar surface area (TPSA) is 64.6 Å². The molecule has 0 aliphatic rings. The first-order valence-corrected chi connectivity index (χ1v) is 6.46. The van der Waals surface area contributed by atoms with E-state index in [1.807, 2.05) is 30.3 Å². The van der Waals surface area contributed by atoms with E-state index in [9.17, 15) is 9.59 Å². The normalized spacial score (nSPS) is 11.4. The van der Waals surface area contributed by atoms with Crippen molar-refractivity contribution in [3.05, 3.63) is 59.7 Å². The monoisotopic (exact) mass is 289 g/mol. The second kappa shape index (κ2) is 9.50. The van der Waals surface area contributed by atoms with E-state index in [4.69, 9.17) is 0 Å². The molecule has 0 radical (unpaired) electrons. The number of carbonyl (C=O) groups excluding carboxylic acids is 2. The number of methoxy groups -OCH3 is 2. The van der Waals surface area contributed by atoms with Gasteiger partial charge in [-0.15, -0.1) is 0 Å². The Morgan fingerprint density at radius 2 is 1.81 bits per heavy atom. The Bertz CT molecular complexity index is 520. The zero-order chi connectivity index (χ0) is 15.5. The van der Waals surface area contributed by atoms with Gasteiger partial charge in [-0.2, -0.15) is 0 Å². The molecule has 1 aromatic rings. The Balaban J connectivity index is 2.56. The van der Waals surface area contributed by atoms with E-state index in [2.05, 4.69) is 14.8 Å². The lowest BCUT2D eigenvalue weighted by Crippen LogP contribution is -2.14. The van der Waals surface area contributed by atoms with Gasteiger partial charge in [0.05, 0.1) is 19.8 Å². The zero-order valence-corrected chi connectivity index (χ0v) is 12.2. The molecule has 0 unspecified atom stereocenters. The van der Waals surface area contributed by atoms with Crippen LogP contribution in [0.5, 0.6) is 0 Å². The summed E-state index contributed by atoms with van der Waals surface area (Å²) < 4.78 is 9.13. The molecule has 0 spiro atoms. The van der Waals surface area contributed by atoms with Gasteiger partial charge in [0.1, 0.15) is 0 Å². The third-order valence-corrected chi connectivity index (χ3v) is 2.66. The van der Waals surface area contributed by atoms with Crippen molar-refractivity contribution in [3.63, 3.8) is 0 Å². The molecule has 0 aromatic heterocycles. The van der Waals surface area contributed by atoms with Crippen LogP contribution in [0, 0.1) is 0 Å². The fourth-order valence-electron chi connectivity index (χ4n) is 1.56. The molecule has 1 aromatic carbocycles. The van der Waals surface area contributed by atoms with E-state index in [1.165, 1.54) is 26.4 Å². The molecule has 21 heavy (non-hydrogen) atoms. The van der Waals surface area contributed by atoms with Crippen molar-refractivity contribution in [2.24, 2.45) is 0 Å². The second-order valence-electron chi connectivity index (χ2n) is 4.12. The van der Waals surface area contributed by atoms with Crippen LogP contribution in [0.25, 0.3) is 0 Å². The number of carbonyl (C=O) groups is 2. The zero-order valence-electron chi connectivity index (χ0n) is 12.2. The number of esters is 2. The van der Waals surface area contributed by atoms with Crippen LogP contribution in [-0.4, -0.2) is 32.7 Å². The standard InChI is InChI=1S/C16H19NO4/c1-20-15(18)9-8-14(16(19)21-2)10-11-17-12-13-6-4-3-5-7-13/h3-10,17H,11-12H2,1-2H3. The molecule has 0 saturated carbocycles. The fourth-order valence-corrected chi connectivity index (χ4v) is 1.56. The van der Waals surface area contributed by atoms with Crippen LogP contribution in [0.4, 0.5) is 0 Å². The van der Waals surface area contributed by atoms with Crippen molar-refractivity contribution in [3.8, 4) is 0 Å². The molecule has 5 nitrogen and oxygen atoms in total. The van der Waals surface area contributed by atoms with E-state index in [0.29, 0.717) is 18.7 Å². The summed E-state index contributed by atoms with van der Waals surface area (Å²) in [6.45, 7) is 1.16. The van der Waals surface area contributed by atoms with Crippen molar-refractivity contribution in [1.29, 1.82) is 0 Å². The molecule has 0 bridgehead atoms. The van der Waals surface area contributed by atoms with Crippen LogP contribution in [0.1, 0.15) is 5.56 Å². The summed E-state index contributed by atoms with van der Waals surface area (Å²) in [5.41, 5.74) is 1.44. The Labute approximate surface area is 124 Å². The molecular formula is C16H19NO4. The van der Waals surface area contributed by atoms with Gasteiger partial charge >= 0.3 is 11.9 Å². The lowest BCUT2D eigenvalue weighted by Gasteiger charge is -2.03. The molecule has 0 heterocycles. The molecular weight excluding hydrogens is 270 g/mol. The highest BCUT2D eigenvalue weighted by molar-refractivity contribution is 5.93. The Morgan fingerprint density at radius 1 is 1.10 bits per heavy atom. The van der Waals surface area contributed by atoms with Crippen LogP contribution in [0.3, 0.4) is 0 Å². The van der Waals surface area contributed by atoms with E-state index in [1.54, 1.807) is 6.08 Å². The lowest BCUT2D eigenvalue weighted by atomic mass is 10.2. The van der Waals surface area contributed by atoms with Gasteiger partial charge < -0.3 is 14.8 Å². The number of nitrogens with one attached hydrogen (secondary N) is 1. The largest absolute Gasteiger partial charge is 0.466 e. The van der Waals surface area contributed by atoms with Gasteiger partial charge in [0.2, 0.25) is 0 Å². The summed E-state index contributed by atoms with van der Waals surface area (Å²) in [5, 5.41) is 3.18. The third kappa shape index (κ3) is 6.54. The molecule has 0 aliphatic carbocycles. The van der Waals surface area contributed by atoms with Crippen molar-refractivity contribution >= 4 is 11.9 Å². The summed E-state index contributed by atoms with van der Waals surface area (Å²) in [7, 11) is 2.56. The van der Waals surface area contributed by atoms with Gasteiger partial charge in [-0.3, -0.25) is 0 Å². The van der Waals surface area contributed by atoms with Gasteiger partial charge in [0.15, 0.2) is 0 Å². The summed E-state index contributed by atoms with van der Waals surface area (Å²) in [4.78, 5) is 22.6. The number of benzene rings is 1. The van der Waals surface area contributed by atoms with Crippen LogP contribution in [0.15, 0.2) is 54.1 Å². The number of hydrogen-bond donors (Lipinski definition) is 1. The Morgan fingerprint density at radius 3 is 2.43 bits per heavy atom. The minimum Gasteiger partial charge on any atom is -0.466 e. The van der Waals surface area contributed by atoms with Crippen LogP contribution >= 0.6 is 0 Å². The molecule has 112 valence electrons. The second-order valence-corrected chi connectivity index (χ2v) is 4.12. The van der Waals surface area contributed by atoms with Crippen molar-refractivity contribution in [1.82, 2.24) is 5.32 Å². The average Bonchev–Trinajstić information content (AvgIpc) is 2.54. The molecule has 0 saturated heterocycles. The summed E-state index contributed by atoms with van der Waals surface area (Å²) >= 11 is 0. The van der Waals surface area contributed by atoms with Crippen molar-refractivity contribution in [2.45, 2.75) is 6.54 Å². The van der Waals surface area contributed by atoms with E-state index in [-0.39, 0.29) is 0 Å². The fraction of sp³-hybridized carbons (Fsp3) is 0.250. The van der Waals surface area contributed by atoms with E-state index < -0.39 is 11.9 Å². The predicted molar refractivity (Wildman–Crippen MR) is 79.4 cm³/mol. The first-order chi connectivity index (χ1) is 10.2. The SMILES string of the molecule is COC(=O)C=CC(=CCNCc1ccccc1)C(=O)OC. The number of hydrogen-bond acceptors (Lipinski definition) is 5. The van der Waals surface area contributed by atoms with E-state index in [0.717, 1.165) is 5.56 Å². The minimum absolute atomic E-state index is 0.295. The molecule has 0 amide bonds. The highest BCUT2D eigenvalue weighted by atomic mass is 16.5. The van der Waals surface area contributed by atoms with Gasteiger partial charge in [-0.1, -0.05) is 36.4 Å². The maximum atomic E-state index is 11.6. The van der Waals surface area contributed by atoms with Gasteiger partial charge in [-0.25, -0.2) is 9.59 Å². The maximum absolute atomic E-state index is 11.6. The van der Waals surface area contributed by atoms with Gasteiger partial charge in [-0.05, 0) is 11.6 Å². The lowest BCUT2D eigenvalue weighted by molar-refractivity contribution is -0.135. The smallest absolute Gasteiger partial charge is 0.337 e. The number of ether oxygens (including phenoxy) is 2. The molecule has 5 heteroatoms. The average molecular weight is 289 g/mol. The van der Waals surface area contributed by atoms with Gasteiger partial charge in [0.25, 0.3) is 0 Å². The molecule has 1 N–H and O–H groups in total. The number of rotatable bonds is 7. The molecule has 0 atom stereocenters. The molecule has 0 aliphatic heterocycles. The summed E-state index contributed by atoms with van der Waals surface area (Å²) in [6.07, 6.45) is 4.22. The Hall–Kier alpha value is -2.40. The van der Waals surface area contributed by atoms with Crippen LogP contribution in [-0.2, 0) is 25.6 Å². The maximum Gasteiger partial charge on any atom is 0.337 e. The van der Waals surface area contributed by atoms with Crippen LogP contribution in [0.2, 0.25) is 0 Å². The van der Waals surface area contributed by atoms with Crippen LogP contribution < -0.4 is 5.32 Å². The van der Waals surface area contributed by atoms with Crippen molar-refractivity contribution < 1.29 is 19.1 Å². The highest BCUT2D eigenvalue weighted by Crippen LogP contribution is 2.01.